The molecule has 16 heavy (non-hydrogen) atoms. The summed E-state index contributed by atoms with van der Waals surface area (Å²) in [7, 11) is 0. The lowest BCUT2D eigenvalue weighted by Crippen LogP contribution is -2.44. The van der Waals surface area contributed by atoms with E-state index < -0.39 is 5.60 Å². The molecule has 0 rings (SSSR count). The molecule has 0 heterocycles. The van der Waals surface area contributed by atoms with Crippen LogP contribution in [0, 0.1) is 0 Å². The molecule has 0 fully saturated rings. The third-order valence-electron chi connectivity index (χ3n) is 3.16. The Hall–Kier alpha value is -0.610. The van der Waals surface area contributed by atoms with E-state index in [0.29, 0.717) is 25.9 Å². The molecule has 0 aliphatic rings. The largest absolute Gasteiger partial charge is 0.389 e. The van der Waals surface area contributed by atoms with Crippen molar-refractivity contribution in [2.75, 3.05) is 26.2 Å². The van der Waals surface area contributed by atoms with Gasteiger partial charge in [0.1, 0.15) is 0 Å². The number of nitrogens with one attached hydrogen (secondary N) is 1. The van der Waals surface area contributed by atoms with E-state index in [9.17, 15) is 9.90 Å². The molecule has 0 spiro atoms. The second kappa shape index (κ2) is 7.63. The number of aliphatic hydroxyl groups is 1. The van der Waals surface area contributed by atoms with Crippen LogP contribution in [-0.4, -0.2) is 47.7 Å². The van der Waals surface area contributed by atoms with Crippen LogP contribution >= 0.6 is 0 Å². The molecule has 0 bridgehead atoms. The van der Waals surface area contributed by atoms with E-state index in [4.69, 9.17) is 0 Å². The minimum Gasteiger partial charge on any atom is -0.389 e. The topological polar surface area (TPSA) is 52.6 Å². The standard InChI is InChI=1S/C12H26N2O2/c1-5-12(16,6-2)10-13-9-11(15)14(7-3)8-4/h13,16H,5-10H2,1-4H3. The van der Waals surface area contributed by atoms with Gasteiger partial charge in [0.05, 0.1) is 12.1 Å². The van der Waals surface area contributed by atoms with Gasteiger partial charge in [0.2, 0.25) is 5.91 Å². The van der Waals surface area contributed by atoms with E-state index >= 15 is 0 Å². The first kappa shape index (κ1) is 15.4. The lowest BCUT2D eigenvalue weighted by atomic mass is 9.98. The molecule has 4 nitrogen and oxygen atoms in total. The SMILES string of the molecule is CCN(CC)C(=O)CNCC(O)(CC)CC. The van der Waals surface area contributed by atoms with Crippen molar-refractivity contribution in [3.63, 3.8) is 0 Å². The van der Waals surface area contributed by atoms with E-state index in [2.05, 4.69) is 5.32 Å². The molecule has 2 N–H and O–H groups in total. The monoisotopic (exact) mass is 230 g/mol. The van der Waals surface area contributed by atoms with Gasteiger partial charge in [-0.3, -0.25) is 4.79 Å². The maximum Gasteiger partial charge on any atom is 0.236 e. The van der Waals surface area contributed by atoms with Crippen molar-refractivity contribution in [1.82, 2.24) is 10.2 Å². The summed E-state index contributed by atoms with van der Waals surface area (Å²) in [5, 5.41) is 13.0. The highest BCUT2D eigenvalue weighted by Gasteiger charge is 2.22. The second-order valence-electron chi connectivity index (χ2n) is 4.10. The van der Waals surface area contributed by atoms with Gasteiger partial charge in [-0.1, -0.05) is 13.8 Å². The highest BCUT2D eigenvalue weighted by Crippen LogP contribution is 2.12. The number of carbonyl (C=O) groups is 1. The Morgan fingerprint density at radius 2 is 1.69 bits per heavy atom. The molecule has 0 saturated carbocycles. The van der Waals surface area contributed by atoms with Crippen LogP contribution in [0.2, 0.25) is 0 Å². The number of hydrogen-bond donors (Lipinski definition) is 2. The molecule has 0 aromatic rings. The summed E-state index contributed by atoms with van der Waals surface area (Å²) in [6, 6.07) is 0. The van der Waals surface area contributed by atoms with Crippen LogP contribution in [0.25, 0.3) is 0 Å². The average molecular weight is 230 g/mol. The number of hydrogen-bond acceptors (Lipinski definition) is 3. The van der Waals surface area contributed by atoms with E-state index in [0.717, 1.165) is 13.1 Å². The van der Waals surface area contributed by atoms with Gasteiger partial charge in [-0.25, -0.2) is 0 Å². The zero-order valence-electron chi connectivity index (χ0n) is 11.0. The van der Waals surface area contributed by atoms with Crippen LogP contribution in [0.5, 0.6) is 0 Å². The van der Waals surface area contributed by atoms with E-state index in [-0.39, 0.29) is 5.91 Å². The molecule has 0 radical (unpaired) electrons. The van der Waals surface area contributed by atoms with Crippen molar-refractivity contribution in [1.29, 1.82) is 0 Å². The Morgan fingerprint density at radius 3 is 2.06 bits per heavy atom. The Labute approximate surface area is 99.0 Å². The van der Waals surface area contributed by atoms with Crippen molar-refractivity contribution in [2.24, 2.45) is 0 Å². The van der Waals surface area contributed by atoms with Crippen LogP contribution in [-0.2, 0) is 4.79 Å². The molecule has 0 saturated heterocycles. The lowest BCUT2D eigenvalue weighted by Gasteiger charge is -2.26. The van der Waals surface area contributed by atoms with Gasteiger partial charge in [-0.05, 0) is 26.7 Å². The highest BCUT2D eigenvalue weighted by molar-refractivity contribution is 5.78. The molecule has 0 atom stereocenters. The summed E-state index contributed by atoms with van der Waals surface area (Å²) in [6.07, 6.45) is 1.41. The van der Waals surface area contributed by atoms with Gasteiger partial charge >= 0.3 is 0 Å². The van der Waals surface area contributed by atoms with Crippen molar-refractivity contribution >= 4 is 5.91 Å². The molecule has 0 unspecified atom stereocenters. The van der Waals surface area contributed by atoms with Crippen molar-refractivity contribution in [3.05, 3.63) is 0 Å². The minimum absolute atomic E-state index is 0.0968. The first-order valence-electron chi connectivity index (χ1n) is 6.23. The van der Waals surface area contributed by atoms with Gasteiger partial charge in [0.25, 0.3) is 0 Å². The zero-order valence-corrected chi connectivity index (χ0v) is 11.0. The fourth-order valence-corrected chi connectivity index (χ4v) is 1.59. The van der Waals surface area contributed by atoms with Crippen LogP contribution < -0.4 is 5.32 Å². The van der Waals surface area contributed by atoms with Crippen molar-refractivity contribution in [3.8, 4) is 0 Å². The second-order valence-corrected chi connectivity index (χ2v) is 4.10. The predicted molar refractivity (Wildman–Crippen MR) is 66.3 cm³/mol. The average Bonchev–Trinajstić information content (AvgIpc) is 2.30. The molecule has 4 heteroatoms. The lowest BCUT2D eigenvalue weighted by molar-refractivity contribution is -0.130. The predicted octanol–water partition coefficient (Wildman–Crippen LogP) is 0.995. The van der Waals surface area contributed by atoms with Crippen LogP contribution in [0.15, 0.2) is 0 Å². The van der Waals surface area contributed by atoms with Gasteiger partial charge in [0.15, 0.2) is 0 Å². The van der Waals surface area contributed by atoms with E-state index in [1.807, 2.05) is 27.7 Å². The summed E-state index contributed by atoms with van der Waals surface area (Å²) < 4.78 is 0. The summed E-state index contributed by atoms with van der Waals surface area (Å²) >= 11 is 0. The Bertz CT molecular complexity index is 199. The number of carbonyl (C=O) groups excluding carboxylic acids is 1. The first-order chi connectivity index (χ1) is 7.52. The van der Waals surface area contributed by atoms with E-state index in [1.54, 1.807) is 4.90 Å². The minimum atomic E-state index is -0.677. The number of nitrogens with zero attached hydrogens (tertiary/aromatic N) is 1. The highest BCUT2D eigenvalue weighted by atomic mass is 16.3. The Morgan fingerprint density at radius 1 is 1.19 bits per heavy atom. The smallest absolute Gasteiger partial charge is 0.236 e. The normalized spacial score (nSPS) is 11.6. The summed E-state index contributed by atoms with van der Waals surface area (Å²) in [6.45, 7) is 10.1. The summed E-state index contributed by atoms with van der Waals surface area (Å²) in [5.74, 6) is 0.0968. The number of rotatable bonds is 8. The maximum atomic E-state index is 11.6. The Balaban J connectivity index is 3.93. The van der Waals surface area contributed by atoms with Gasteiger partial charge in [-0.2, -0.15) is 0 Å². The van der Waals surface area contributed by atoms with Crippen molar-refractivity contribution in [2.45, 2.75) is 46.1 Å². The van der Waals surface area contributed by atoms with Gasteiger partial charge in [0, 0.05) is 19.6 Å². The first-order valence-corrected chi connectivity index (χ1v) is 6.23. The third-order valence-corrected chi connectivity index (χ3v) is 3.16. The molecule has 1 amide bonds. The number of amides is 1. The van der Waals surface area contributed by atoms with Crippen LogP contribution in [0.1, 0.15) is 40.5 Å². The van der Waals surface area contributed by atoms with E-state index in [1.165, 1.54) is 0 Å². The number of likely N-dealkylation sites (N-methyl/N-ethyl adjacent to an activating group) is 1. The molecule has 96 valence electrons. The fourth-order valence-electron chi connectivity index (χ4n) is 1.59. The molecule has 0 aliphatic heterocycles. The molecule has 0 aromatic heterocycles. The fraction of sp³-hybridized carbons (Fsp3) is 0.917. The quantitative estimate of drug-likeness (QED) is 0.654. The molecule has 0 aliphatic carbocycles. The zero-order chi connectivity index (χ0) is 12.6. The van der Waals surface area contributed by atoms with Crippen molar-refractivity contribution < 1.29 is 9.90 Å². The van der Waals surface area contributed by atoms with Crippen LogP contribution in [0.3, 0.4) is 0 Å². The summed E-state index contributed by atoms with van der Waals surface area (Å²) in [4.78, 5) is 13.4. The third kappa shape index (κ3) is 4.94. The van der Waals surface area contributed by atoms with Gasteiger partial charge < -0.3 is 15.3 Å². The summed E-state index contributed by atoms with van der Waals surface area (Å²) in [5.41, 5.74) is -0.677. The van der Waals surface area contributed by atoms with Crippen LogP contribution in [0.4, 0.5) is 0 Å². The maximum absolute atomic E-state index is 11.6. The Kier molecular flexibility index (Phi) is 7.34. The molecular formula is C12H26N2O2. The molecule has 0 aromatic carbocycles. The van der Waals surface area contributed by atoms with Gasteiger partial charge in [-0.15, -0.1) is 0 Å². The molecular weight excluding hydrogens is 204 g/mol.